The minimum absolute atomic E-state index is 0.102. The lowest BCUT2D eigenvalue weighted by Gasteiger charge is -2.35. The highest BCUT2D eigenvalue weighted by Gasteiger charge is 2.30. The van der Waals surface area contributed by atoms with Crippen LogP contribution in [0.25, 0.3) is 0 Å². The van der Waals surface area contributed by atoms with Crippen LogP contribution in [-0.2, 0) is 0 Å². The van der Waals surface area contributed by atoms with Crippen LogP contribution in [0.3, 0.4) is 0 Å². The number of hydrogen-bond donors (Lipinski definition) is 1. The van der Waals surface area contributed by atoms with Crippen LogP contribution in [0, 0.1) is 17.8 Å². The molecule has 1 rings (SSSR count). The van der Waals surface area contributed by atoms with Gasteiger partial charge in [-0.1, -0.05) is 13.8 Å². The van der Waals surface area contributed by atoms with Gasteiger partial charge in [0.2, 0.25) is 0 Å². The summed E-state index contributed by atoms with van der Waals surface area (Å²) in [4.78, 5) is 0. The number of alkyl halides is 1. The monoisotopic (exact) mass is 176 g/mol. The van der Waals surface area contributed by atoms with Crippen molar-refractivity contribution in [2.24, 2.45) is 17.8 Å². The number of aliphatic hydroxyl groups is 1. The predicted octanol–water partition coefficient (Wildman–Crippen LogP) is 2.27. The third kappa shape index (κ3) is 2.09. The maximum absolute atomic E-state index is 9.62. The summed E-state index contributed by atoms with van der Waals surface area (Å²) in [7, 11) is 0. The number of hydrogen-bond acceptors (Lipinski definition) is 1. The number of aliphatic hydroxyl groups excluding tert-OH is 1. The molecular weight excluding hydrogens is 160 g/mol. The van der Waals surface area contributed by atoms with Crippen molar-refractivity contribution in [1.29, 1.82) is 0 Å². The molecule has 0 aromatic rings. The third-order valence-corrected chi connectivity index (χ3v) is 3.23. The Morgan fingerprint density at radius 1 is 1.27 bits per heavy atom. The van der Waals surface area contributed by atoms with Gasteiger partial charge in [0.15, 0.2) is 0 Å². The van der Waals surface area contributed by atoms with Crippen molar-refractivity contribution < 1.29 is 5.11 Å². The van der Waals surface area contributed by atoms with Crippen LogP contribution in [-0.4, -0.2) is 17.1 Å². The van der Waals surface area contributed by atoms with Crippen molar-refractivity contribution in [3.8, 4) is 0 Å². The van der Waals surface area contributed by atoms with Gasteiger partial charge in [-0.15, -0.1) is 11.6 Å². The second-order valence-corrected chi connectivity index (χ2v) is 4.25. The SMILES string of the molecule is CC1CC(CCl)CC(C)C1O. The quantitative estimate of drug-likeness (QED) is 0.608. The number of halogens is 1. The molecule has 2 atom stereocenters. The van der Waals surface area contributed by atoms with E-state index in [0.717, 1.165) is 18.7 Å². The Balaban J connectivity index is 2.47. The largest absolute Gasteiger partial charge is 0.393 e. The Labute approximate surface area is 73.8 Å². The molecule has 0 amide bonds. The van der Waals surface area contributed by atoms with E-state index < -0.39 is 0 Å². The van der Waals surface area contributed by atoms with Crippen molar-refractivity contribution >= 4 is 11.6 Å². The topological polar surface area (TPSA) is 20.2 Å². The molecule has 0 aliphatic heterocycles. The first kappa shape index (κ1) is 9.34. The summed E-state index contributed by atoms with van der Waals surface area (Å²) >= 11 is 5.78. The highest BCUT2D eigenvalue weighted by molar-refractivity contribution is 6.18. The fourth-order valence-electron chi connectivity index (χ4n) is 2.11. The summed E-state index contributed by atoms with van der Waals surface area (Å²) in [5.41, 5.74) is 0. The first-order valence-electron chi connectivity index (χ1n) is 4.39. The van der Waals surface area contributed by atoms with E-state index in [0.29, 0.717) is 17.8 Å². The zero-order valence-corrected chi connectivity index (χ0v) is 8.01. The van der Waals surface area contributed by atoms with Crippen LogP contribution in [0.4, 0.5) is 0 Å². The average molecular weight is 177 g/mol. The van der Waals surface area contributed by atoms with Gasteiger partial charge in [0, 0.05) is 5.88 Å². The highest BCUT2D eigenvalue weighted by atomic mass is 35.5. The van der Waals surface area contributed by atoms with Crippen LogP contribution in [0.1, 0.15) is 26.7 Å². The zero-order chi connectivity index (χ0) is 8.43. The normalized spacial score (nSPS) is 45.8. The van der Waals surface area contributed by atoms with E-state index in [1.807, 2.05) is 0 Å². The van der Waals surface area contributed by atoms with E-state index in [-0.39, 0.29) is 6.10 Å². The first-order valence-corrected chi connectivity index (χ1v) is 4.92. The maximum Gasteiger partial charge on any atom is 0.0591 e. The Morgan fingerprint density at radius 2 is 1.73 bits per heavy atom. The molecule has 0 radical (unpaired) electrons. The van der Waals surface area contributed by atoms with Crippen molar-refractivity contribution in [2.75, 3.05) is 5.88 Å². The summed E-state index contributed by atoms with van der Waals surface area (Å²) in [6.07, 6.45) is 2.08. The summed E-state index contributed by atoms with van der Waals surface area (Å²) in [6, 6.07) is 0. The second-order valence-electron chi connectivity index (χ2n) is 3.94. The van der Waals surface area contributed by atoms with Gasteiger partial charge in [-0.25, -0.2) is 0 Å². The number of rotatable bonds is 1. The predicted molar refractivity (Wildman–Crippen MR) is 47.8 cm³/mol. The standard InChI is InChI=1S/C9H17ClO/c1-6-3-8(5-10)4-7(2)9(6)11/h6-9,11H,3-5H2,1-2H3. The van der Waals surface area contributed by atoms with Crippen LogP contribution in [0.2, 0.25) is 0 Å². The molecule has 0 bridgehead atoms. The summed E-state index contributed by atoms with van der Waals surface area (Å²) in [6.45, 7) is 4.22. The van der Waals surface area contributed by atoms with E-state index in [9.17, 15) is 5.11 Å². The molecule has 0 saturated heterocycles. The lowest BCUT2D eigenvalue weighted by Crippen LogP contribution is -2.34. The van der Waals surface area contributed by atoms with Crippen LogP contribution in [0.15, 0.2) is 0 Å². The van der Waals surface area contributed by atoms with E-state index in [2.05, 4.69) is 13.8 Å². The lowest BCUT2D eigenvalue weighted by molar-refractivity contribution is 0.0157. The van der Waals surface area contributed by atoms with Crippen molar-refractivity contribution in [2.45, 2.75) is 32.8 Å². The Bertz CT molecular complexity index is 115. The Kier molecular flexibility index (Phi) is 3.20. The molecule has 1 aliphatic carbocycles. The molecule has 66 valence electrons. The molecule has 11 heavy (non-hydrogen) atoms. The highest BCUT2D eigenvalue weighted by Crippen LogP contribution is 2.33. The molecule has 2 heteroatoms. The van der Waals surface area contributed by atoms with Crippen molar-refractivity contribution in [1.82, 2.24) is 0 Å². The van der Waals surface area contributed by atoms with Gasteiger partial charge in [-0.05, 0) is 30.6 Å². The molecule has 1 aliphatic rings. The first-order chi connectivity index (χ1) is 5.15. The molecule has 1 saturated carbocycles. The second kappa shape index (κ2) is 3.77. The Morgan fingerprint density at radius 3 is 2.09 bits per heavy atom. The average Bonchev–Trinajstić information content (AvgIpc) is 1.99. The molecule has 0 spiro atoms. The van der Waals surface area contributed by atoms with E-state index in [1.165, 1.54) is 0 Å². The summed E-state index contributed by atoms with van der Waals surface area (Å²) in [5, 5.41) is 9.62. The van der Waals surface area contributed by atoms with E-state index in [1.54, 1.807) is 0 Å². The van der Waals surface area contributed by atoms with Gasteiger partial charge in [-0.2, -0.15) is 0 Å². The van der Waals surface area contributed by atoms with Gasteiger partial charge in [0.25, 0.3) is 0 Å². The third-order valence-electron chi connectivity index (χ3n) is 2.79. The fourth-order valence-corrected chi connectivity index (χ4v) is 2.37. The van der Waals surface area contributed by atoms with Crippen LogP contribution < -0.4 is 0 Å². The smallest absolute Gasteiger partial charge is 0.0591 e. The van der Waals surface area contributed by atoms with Gasteiger partial charge in [-0.3, -0.25) is 0 Å². The molecular formula is C9H17ClO. The van der Waals surface area contributed by atoms with Gasteiger partial charge < -0.3 is 5.11 Å². The minimum atomic E-state index is -0.102. The summed E-state index contributed by atoms with van der Waals surface area (Å²) < 4.78 is 0. The van der Waals surface area contributed by atoms with Crippen molar-refractivity contribution in [3.63, 3.8) is 0 Å². The molecule has 1 nitrogen and oxygen atoms in total. The van der Waals surface area contributed by atoms with Gasteiger partial charge in [0.1, 0.15) is 0 Å². The molecule has 0 aromatic carbocycles. The lowest BCUT2D eigenvalue weighted by atomic mass is 9.75. The summed E-state index contributed by atoms with van der Waals surface area (Å²) in [5.74, 6) is 2.25. The van der Waals surface area contributed by atoms with Gasteiger partial charge >= 0.3 is 0 Å². The molecule has 1 fully saturated rings. The van der Waals surface area contributed by atoms with E-state index >= 15 is 0 Å². The molecule has 0 heterocycles. The minimum Gasteiger partial charge on any atom is -0.393 e. The van der Waals surface area contributed by atoms with Crippen LogP contribution in [0.5, 0.6) is 0 Å². The Hall–Kier alpha value is 0.250. The fraction of sp³-hybridized carbons (Fsp3) is 1.00. The van der Waals surface area contributed by atoms with Crippen molar-refractivity contribution in [3.05, 3.63) is 0 Å². The molecule has 2 unspecified atom stereocenters. The maximum atomic E-state index is 9.62. The van der Waals surface area contributed by atoms with E-state index in [4.69, 9.17) is 11.6 Å². The van der Waals surface area contributed by atoms with Gasteiger partial charge in [0.05, 0.1) is 6.10 Å². The zero-order valence-electron chi connectivity index (χ0n) is 7.26. The molecule has 0 aromatic heterocycles. The van der Waals surface area contributed by atoms with Crippen LogP contribution >= 0.6 is 11.6 Å². The molecule has 1 N–H and O–H groups in total.